The van der Waals surface area contributed by atoms with Crippen LogP contribution in [0.2, 0.25) is 10.0 Å². The van der Waals surface area contributed by atoms with Gasteiger partial charge in [0.25, 0.3) is 0 Å². The molecule has 0 N–H and O–H groups in total. The predicted molar refractivity (Wildman–Crippen MR) is 148 cm³/mol. The Morgan fingerprint density at radius 1 is 1.08 bits per heavy atom. The molecule has 12 heteroatoms. The maximum absolute atomic E-state index is 11.7. The number of hydrogen-bond donors (Lipinski definition) is 0. The molecule has 0 saturated carbocycles. The topological polar surface area (TPSA) is 92.3 Å². The van der Waals surface area contributed by atoms with Crippen LogP contribution >= 0.6 is 50.9 Å². The molecule has 0 radical (unpaired) electrons. The van der Waals surface area contributed by atoms with E-state index >= 15 is 0 Å². The van der Waals surface area contributed by atoms with Gasteiger partial charge in [0, 0.05) is 20.6 Å². The summed E-state index contributed by atoms with van der Waals surface area (Å²) in [5.74, 6) is 1.88. The SMILES string of the molecule is COc1ccc(-n2c(C)nnc2S[C@H](C[N+](=O)[O-])c2cc(Br)ccc2OCc2ccc(Cl)c(Cl)c2)cc1. The Balaban J connectivity index is 1.66. The van der Waals surface area contributed by atoms with Gasteiger partial charge in [0.05, 0.1) is 17.2 Å². The first-order valence-electron chi connectivity index (χ1n) is 11.0. The fourth-order valence-electron chi connectivity index (χ4n) is 3.60. The van der Waals surface area contributed by atoms with Gasteiger partial charge < -0.3 is 9.47 Å². The summed E-state index contributed by atoms with van der Waals surface area (Å²) in [5.41, 5.74) is 2.28. The van der Waals surface area contributed by atoms with Gasteiger partial charge in [-0.05, 0) is 67.1 Å². The van der Waals surface area contributed by atoms with Crippen molar-refractivity contribution >= 4 is 50.9 Å². The number of nitro groups is 1. The van der Waals surface area contributed by atoms with E-state index in [1.54, 1.807) is 25.3 Å². The van der Waals surface area contributed by atoms with E-state index in [4.69, 9.17) is 32.7 Å². The first-order chi connectivity index (χ1) is 17.7. The summed E-state index contributed by atoms with van der Waals surface area (Å²) in [6, 6.07) is 18.1. The number of methoxy groups -OCH3 is 1. The average molecular weight is 624 g/mol. The van der Waals surface area contributed by atoms with Crippen molar-refractivity contribution in [1.82, 2.24) is 14.8 Å². The normalized spacial score (nSPS) is 11.8. The van der Waals surface area contributed by atoms with Crippen LogP contribution in [0.5, 0.6) is 11.5 Å². The molecule has 4 aromatic rings. The Bertz CT molecular complexity index is 1420. The van der Waals surface area contributed by atoms with Gasteiger partial charge >= 0.3 is 0 Å². The Hall–Kier alpha value is -2.79. The third kappa shape index (κ3) is 6.75. The van der Waals surface area contributed by atoms with E-state index < -0.39 is 5.25 Å². The molecule has 0 amide bonds. The highest BCUT2D eigenvalue weighted by Crippen LogP contribution is 2.41. The van der Waals surface area contributed by atoms with Crippen molar-refractivity contribution in [2.45, 2.75) is 23.9 Å². The summed E-state index contributed by atoms with van der Waals surface area (Å²) >= 11 is 16.9. The monoisotopic (exact) mass is 622 g/mol. The fraction of sp³-hybridized carbons (Fsp3) is 0.200. The van der Waals surface area contributed by atoms with E-state index in [0.29, 0.717) is 38.1 Å². The highest BCUT2D eigenvalue weighted by Gasteiger charge is 2.27. The molecule has 1 atom stereocenters. The Morgan fingerprint density at radius 3 is 2.51 bits per heavy atom. The molecule has 192 valence electrons. The smallest absolute Gasteiger partial charge is 0.220 e. The van der Waals surface area contributed by atoms with Crippen LogP contribution in [-0.4, -0.2) is 33.3 Å². The number of halogens is 3. The zero-order valence-corrected chi connectivity index (χ0v) is 23.6. The summed E-state index contributed by atoms with van der Waals surface area (Å²) in [7, 11) is 1.60. The van der Waals surface area contributed by atoms with Crippen molar-refractivity contribution in [2.24, 2.45) is 0 Å². The van der Waals surface area contributed by atoms with Gasteiger partial charge in [0.2, 0.25) is 6.54 Å². The van der Waals surface area contributed by atoms with E-state index in [9.17, 15) is 10.1 Å². The van der Waals surface area contributed by atoms with Gasteiger partial charge in [0.1, 0.15) is 29.2 Å². The molecule has 4 rings (SSSR count). The highest BCUT2D eigenvalue weighted by atomic mass is 79.9. The van der Waals surface area contributed by atoms with Crippen LogP contribution in [0, 0.1) is 17.0 Å². The number of ether oxygens (including phenoxy) is 2. The van der Waals surface area contributed by atoms with Crippen molar-refractivity contribution in [3.63, 3.8) is 0 Å². The van der Waals surface area contributed by atoms with E-state index in [1.165, 1.54) is 11.8 Å². The lowest BCUT2D eigenvalue weighted by Crippen LogP contribution is -2.12. The van der Waals surface area contributed by atoms with E-state index in [1.807, 2.05) is 54.0 Å². The Kier molecular flexibility index (Phi) is 8.96. The quantitative estimate of drug-likeness (QED) is 0.104. The number of aromatic nitrogens is 3. The number of rotatable bonds is 10. The van der Waals surface area contributed by atoms with Crippen LogP contribution in [0.15, 0.2) is 70.3 Å². The first-order valence-corrected chi connectivity index (χ1v) is 13.4. The second-order valence-corrected chi connectivity index (χ2v) is 10.8. The summed E-state index contributed by atoms with van der Waals surface area (Å²) < 4.78 is 14.0. The number of benzene rings is 3. The molecule has 0 fully saturated rings. The lowest BCUT2D eigenvalue weighted by molar-refractivity contribution is -0.479. The fourth-order valence-corrected chi connectivity index (χ4v) is 5.49. The second kappa shape index (κ2) is 12.2. The lowest BCUT2D eigenvalue weighted by atomic mass is 10.1. The molecule has 3 aromatic carbocycles. The molecule has 0 saturated heterocycles. The Labute approximate surface area is 236 Å². The van der Waals surface area contributed by atoms with Crippen LogP contribution in [0.25, 0.3) is 5.69 Å². The largest absolute Gasteiger partial charge is 0.497 e. The minimum absolute atomic E-state index is 0.211. The predicted octanol–water partition coefficient (Wildman–Crippen LogP) is 7.34. The first kappa shape index (κ1) is 27.3. The zero-order chi connectivity index (χ0) is 26.5. The summed E-state index contributed by atoms with van der Waals surface area (Å²) in [6.07, 6.45) is 0. The maximum atomic E-state index is 11.7. The van der Waals surface area contributed by atoms with Gasteiger partial charge in [-0.3, -0.25) is 14.7 Å². The standard InChI is InChI=1S/C25H21BrCl2N4O4S/c1-15-29-30-25(32(15)18-5-7-19(35-2)8-6-18)37-24(13-31(33)34)20-12-17(26)4-10-23(20)36-14-16-3-9-21(27)22(28)11-16/h3-12,24H,13-14H2,1-2H3/t24-/m1/s1. The molecule has 1 heterocycles. The van der Waals surface area contributed by atoms with Crippen LogP contribution in [0.3, 0.4) is 0 Å². The third-order valence-corrected chi connectivity index (χ3v) is 7.78. The van der Waals surface area contributed by atoms with Crippen molar-refractivity contribution in [3.8, 4) is 17.2 Å². The molecule has 0 aliphatic heterocycles. The summed E-state index contributed by atoms with van der Waals surface area (Å²) in [5, 5.41) is 21.0. The molecule has 1 aromatic heterocycles. The van der Waals surface area contributed by atoms with Crippen LogP contribution in [0.1, 0.15) is 22.2 Å². The van der Waals surface area contributed by atoms with E-state index in [-0.39, 0.29) is 18.1 Å². The maximum Gasteiger partial charge on any atom is 0.220 e. The molecule has 0 unspecified atom stereocenters. The molecule has 0 bridgehead atoms. The Morgan fingerprint density at radius 2 is 1.84 bits per heavy atom. The zero-order valence-electron chi connectivity index (χ0n) is 19.7. The number of aryl methyl sites for hydroxylation is 1. The number of hydrogen-bond acceptors (Lipinski definition) is 7. The minimum atomic E-state index is -0.614. The van der Waals surface area contributed by atoms with Gasteiger partial charge in [-0.25, -0.2) is 0 Å². The highest BCUT2D eigenvalue weighted by molar-refractivity contribution is 9.10. The molecule has 0 aliphatic carbocycles. The molecule has 8 nitrogen and oxygen atoms in total. The van der Waals surface area contributed by atoms with Crippen LogP contribution < -0.4 is 9.47 Å². The summed E-state index contributed by atoms with van der Waals surface area (Å²) in [6.45, 7) is 1.69. The molecule has 37 heavy (non-hydrogen) atoms. The summed E-state index contributed by atoms with van der Waals surface area (Å²) in [4.78, 5) is 11.4. The number of thioether (sulfide) groups is 1. The van der Waals surface area contributed by atoms with Crippen LogP contribution in [-0.2, 0) is 6.61 Å². The molecule has 0 spiro atoms. The van der Waals surface area contributed by atoms with E-state index in [0.717, 1.165) is 15.7 Å². The van der Waals surface area contributed by atoms with Gasteiger partial charge in [0.15, 0.2) is 5.16 Å². The molecular formula is C25H21BrCl2N4O4S. The third-order valence-electron chi connectivity index (χ3n) is 5.39. The number of nitrogens with zero attached hydrogens (tertiary/aromatic N) is 4. The van der Waals surface area contributed by atoms with Crippen molar-refractivity contribution in [1.29, 1.82) is 0 Å². The van der Waals surface area contributed by atoms with Crippen molar-refractivity contribution in [3.05, 3.63) is 102 Å². The molecule has 0 aliphatic rings. The van der Waals surface area contributed by atoms with Gasteiger partial charge in [-0.1, -0.05) is 57.0 Å². The molecular weight excluding hydrogens is 603 g/mol. The average Bonchev–Trinajstić information content (AvgIpc) is 3.24. The van der Waals surface area contributed by atoms with Crippen molar-refractivity contribution < 1.29 is 14.4 Å². The van der Waals surface area contributed by atoms with Gasteiger partial charge in [-0.15, -0.1) is 10.2 Å². The van der Waals surface area contributed by atoms with Crippen LogP contribution in [0.4, 0.5) is 0 Å². The lowest BCUT2D eigenvalue weighted by Gasteiger charge is -2.18. The van der Waals surface area contributed by atoms with E-state index in [2.05, 4.69) is 26.1 Å². The van der Waals surface area contributed by atoms with Crippen molar-refractivity contribution in [2.75, 3.05) is 13.7 Å². The van der Waals surface area contributed by atoms with Gasteiger partial charge in [-0.2, -0.15) is 0 Å². The second-order valence-electron chi connectivity index (χ2n) is 7.90. The minimum Gasteiger partial charge on any atom is -0.497 e.